The number of ether oxygens (including phenoxy) is 2. The molecule has 8 heteroatoms. The summed E-state index contributed by atoms with van der Waals surface area (Å²) in [6.45, 7) is 3.12. The fraction of sp³-hybridized carbons (Fsp3) is 0.368. The van der Waals surface area contributed by atoms with Crippen LogP contribution in [-0.2, 0) is 0 Å². The number of nitrogens with zero attached hydrogens (tertiary/aromatic N) is 3. The first kappa shape index (κ1) is 19.4. The van der Waals surface area contributed by atoms with Crippen LogP contribution in [0.1, 0.15) is 6.42 Å². The summed E-state index contributed by atoms with van der Waals surface area (Å²) in [6, 6.07) is 7.39. The summed E-state index contributed by atoms with van der Waals surface area (Å²) in [5.74, 6) is 3.80. The molecule has 3 rings (SSSR count). The van der Waals surface area contributed by atoms with Crippen LogP contribution in [0, 0.1) is 12.3 Å². The Morgan fingerprint density at radius 1 is 1.37 bits per heavy atom. The van der Waals surface area contributed by atoms with Gasteiger partial charge in [-0.2, -0.15) is 4.98 Å². The summed E-state index contributed by atoms with van der Waals surface area (Å²) in [7, 11) is 0. The van der Waals surface area contributed by atoms with Crippen LogP contribution in [-0.4, -0.2) is 58.9 Å². The van der Waals surface area contributed by atoms with E-state index in [4.69, 9.17) is 15.9 Å². The van der Waals surface area contributed by atoms with Gasteiger partial charge in [0.25, 0.3) is 0 Å². The number of rotatable bonds is 9. The second-order valence-corrected chi connectivity index (χ2v) is 6.97. The van der Waals surface area contributed by atoms with Crippen LogP contribution in [0.5, 0.6) is 11.6 Å². The summed E-state index contributed by atoms with van der Waals surface area (Å²) < 4.78 is 11.7. The maximum Gasteiger partial charge on any atom is 0.233 e. The Morgan fingerprint density at radius 2 is 2.22 bits per heavy atom. The Labute approximate surface area is 166 Å². The number of β-amino-alcohol motifs (C(OH)–C–C–N with tert-alkyl or cyclic N) is 1. The zero-order valence-corrected chi connectivity index (χ0v) is 16.4. The highest BCUT2D eigenvalue weighted by Crippen LogP contribution is 2.25. The van der Waals surface area contributed by atoms with Crippen LogP contribution in [0.15, 0.2) is 34.9 Å². The number of likely N-dealkylation sites (tertiary alicyclic amines) is 1. The van der Waals surface area contributed by atoms with E-state index in [1.807, 2.05) is 24.3 Å². The molecule has 27 heavy (non-hydrogen) atoms. The number of terminal acetylenes is 1. The molecule has 0 radical (unpaired) electrons. The molecule has 1 saturated heterocycles. The lowest BCUT2D eigenvalue weighted by atomic mass is 10.2. The van der Waals surface area contributed by atoms with Crippen molar-refractivity contribution in [3.8, 4) is 24.0 Å². The zero-order chi connectivity index (χ0) is 19.1. The van der Waals surface area contributed by atoms with Gasteiger partial charge in [-0.25, -0.2) is 4.98 Å². The van der Waals surface area contributed by atoms with Crippen molar-refractivity contribution in [2.75, 3.05) is 38.2 Å². The summed E-state index contributed by atoms with van der Waals surface area (Å²) in [6.07, 6.45) is 7.50. The molecular weight excluding hydrogens is 412 g/mol. The van der Waals surface area contributed by atoms with Gasteiger partial charge in [-0.3, -0.25) is 0 Å². The van der Waals surface area contributed by atoms with Crippen molar-refractivity contribution in [1.82, 2.24) is 14.9 Å². The molecule has 2 aromatic rings. The molecule has 142 valence electrons. The molecule has 1 aromatic carbocycles. The van der Waals surface area contributed by atoms with Crippen LogP contribution in [0.25, 0.3) is 0 Å². The third-order valence-electron chi connectivity index (χ3n) is 3.95. The van der Waals surface area contributed by atoms with E-state index in [0.29, 0.717) is 28.6 Å². The number of aromatic nitrogens is 2. The van der Waals surface area contributed by atoms with Crippen molar-refractivity contribution in [3.05, 3.63) is 34.9 Å². The number of halogens is 1. The monoisotopic (exact) mass is 432 g/mol. The second kappa shape index (κ2) is 9.55. The standard InChI is InChI=1S/C19H21BrN4O3/c1-2-9-26-18-17(20)11-21-19(23-18)22-14-5-3-6-16(10-14)27-13-15(25)12-24-7-4-8-24/h1,3,5-6,10-11,15,25H,4,7-9,12-13H2,(H,21,22,23)/t15-/m1/s1. The third kappa shape index (κ3) is 5.82. The normalized spacial score (nSPS) is 14.7. The number of anilines is 2. The number of aliphatic hydroxyl groups is 1. The fourth-order valence-electron chi connectivity index (χ4n) is 2.52. The molecule has 0 amide bonds. The highest BCUT2D eigenvalue weighted by Gasteiger charge is 2.17. The molecule has 0 unspecified atom stereocenters. The van der Waals surface area contributed by atoms with Gasteiger partial charge >= 0.3 is 0 Å². The Balaban J connectivity index is 1.57. The van der Waals surface area contributed by atoms with Gasteiger partial charge in [-0.05, 0) is 47.6 Å². The molecule has 0 bridgehead atoms. The van der Waals surface area contributed by atoms with Crippen LogP contribution in [0.2, 0.25) is 0 Å². The van der Waals surface area contributed by atoms with Crippen LogP contribution in [0.4, 0.5) is 11.6 Å². The highest BCUT2D eigenvalue weighted by atomic mass is 79.9. The quantitative estimate of drug-likeness (QED) is 0.588. The highest BCUT2D eigenvalue weighted by molar-refractivity contribution is 9.10. The van der Waals surface area contributed by atoms with E-state index < -0.39 is 6.10 Å². The number of aliphatic hydroxyl groups excluding tert-OH is 1. The zero-order valence-electron chi connectivity index (χ0n) is 14.8. The Morgan fingerprint density at radius 3 is 2.96 bits per heavy atom. The molecule has 7 nitrogen and oxygen atoms in total. The first-order valence-corrected chi connectivity index (χ1v) is 9.42. The van der Waals surface area contributed by atoms with Gasteiger partial charge < -0.3 is 24.8 Å². The predicted molar refractivity (Wildman–Crippen MR) is 106 cm³/mol. The Hall–Kier alpha value is -2.34. The van der Waals surface area contributed by atoms with Gasteiger partial charge in [0.15, 0.2) is 6.61 Å². The molecule has 1 atom stereocenters. The van der Waals surface area contributed by atoms with Gasteiger partial charge in [0.1, 0.15) is 18.5 Å². The number of benzene rings is 1. The van der Waals surface area contributed by atoms with Gasteiger partial charge in [-0.15, -0.1) is 6.42 Å². The number of hydrogen-bond donors (Lipinski definition) is 2. The first-order valence-electron chi connectivity index (χ1n) is 8.63. The van der Waals surface area contributed by atoms with Crippen molar-refractivity contribution in [3.63, 3.8) is 0 Å². The van der Waals surface area contributed by atoms with E-state index in [9.17, 15) is 5.11 Å². The van der Waals surface area contributed by atoms with Gasteiger partial charge in [0.05, 0.1) is 10.7 Å². The molecule has 0 spiro atoms. The van der Waals surface area contributed by atoms with E-state index in [2.05, 4.69) is 42.0 Å². The lowest BCUT2D eigenvalue weighted by Crippen LogP contribution is -2.43. The predicted octanol–water partition coefficient (Wildman–Crippen LogP) is 2.44. The largest absolute Gasteiger partial charge is 0.491 e. The van der Waals surface area contributed by atoms with Crippen molar-refractivity contribution in [2.45, 2.75) is 12.5 Å². The molecule has 1 aliphatic heterocycles. The molecule has 2 heterocycles. The van der Waals surface area contributed by atoms with E-state index in [1.54, 1.807) is 6.20 Å². The van der Waals surface area contributed by atoms with Gasteiger partial charge in [-0.1, -0.05) is 12.0 Å². The lowest BCUT2D eigenvalue weighted by molar-refractivity contribution is 0.0467. The lowest BCUT2D eigenvalue weighted by Gasteiger charge is -2.32. The number of hydrogen-bond acceptors (Lipinski definition) is 7. The summed E-state index contributed by atoms with van der Waals surface area (Å²) in [5, 5.41) is 13.1. The molecular formula is C19H21BrN4O3. The van der Waals surface area contributed by atoms with Crippen LogP contribution < -0.4 is 14.8 Å². The topological polar surface area (TPSA) is 79.7 Å². The average molecular weight is 433 g/mol. The molecule has 1 aromatic heterocycles. The van der Waals surface area contributed by atoms with Gasteiger partial charge in [0.2, 0.25) is 11.8 Å². The molecule has 0 aliphatic carbocycles. The third-order valence-corrected chi connectivity index (χ3v) is 4.50. The average Bonchev–Trinajstić information content (AvgIpc) is 2.64. The fourth-order valence-corrected chi connectivity index (χ4v) is 2.83. The number of nitrogens with one attached hydrogen (secondary N) is 1. The summed E-state index contributed by atoms with van der Waals surface area (Å²) in [4.78, 5) is 10.7. The van der Waals surface area contributed by atoms with Crippen LogP contribution >= 0.6 is 15.9 Å². The maximum absolute atomic E-state index is 10.0. The smallest absolute Gasteiger partial charge is 0.233 e. The second-order valence-electron chi connectivity index (χ2n) is 6.11. The molecule has 2 N–H and O–H groups in total. The van der Waals surface area contributed by atoms with E-state index >= 15 is 0 Å². The van der Waals surface area contributed by atoms with Crippen molar-refractivity contribution in [1.29, 1.82) is 0 Å². The Kier molecular flexibility index (Phi) is 6.87. The maximum atomic E-state index is 10.0. The van der Waals surface area contributed by atoms with E-state index in [0.717, 1.165) is 18.8 Å². The van der Waals surface area contributed by atoms with Crippen molar-refractivity contribution in [2.24, 2.45) is 0 Å². The summed E-state index contributed by atoms with van der Waals surface area (Å²) >= 11 is 3.32. The van der Waals surface area contributed by atoms with E-state index in [-0.39, 0.29) is 13.2 Å². The molecule has 0 saturated carbocycles. The van der Waals surface area contributed by atoms with Crippen molar-refractivity contribution < 1.29 is 14.6 Å². The Bertz CT molecular complexity index is 808. The molecule has 1 aliphatic rings. The van der Waals surface area contributed by atoms with E-state index in [1.165, 1.54) is 6.42 Å². The van der Waals surface area contributed by atoms with Crippen LogP contribution in [0.3, 0.4) is 0 Å². The van der Waals surface area contributed by atoms with Gasteiger partial charge in [0, 0.05) is 18.3 Å². The minimum atomic E-state index is -0.507. The minimum Gasteiger partial charge on any atom is -0.491 e. The minimum absolute atomic E-state index is 0.123. The summed E-state index contributed by atoms with van der Waals surface area (Å²) in [5.41, 5.74) is 0.759. The molecule has 1 fully saturated rings. The first-order chi connectivity index (χ1) is 13.1. The van der Waals surface area contributed by atoms with Crippen molar-refractivity contribution >= 4 is 27.6 Å². The SMILES string of the molecule is C#CCOc1nc(Nc2cccc(OC[C@H](O)CN3CCC3)c2)ncc1Br.